The maximum absolute atomic E-state index is 12.2. The fourth-order valence-electron chi connectivity index (χ4n) is 3.19. The third kappa shape index (κ3) is 4.35. The number of nitrogen functional groups attached to an aromatic ring is 1. The van der Waals surface area contributed by atoms with Gasteiger partial charge in [0.25, 0.3) is 0 Å². The van der Waals surface area contributed by atoms with Crippen molar-refractivity contribution in [1.82, 2.24) is 19.5 Å². The van der Waals surface area contributed by atoms with E-state index >= 15 is 0 Å². The van der Waals surface area contributed by atoms with Crippen LogP contribution in [0.2, 0.25) is 0 Å². The van der Waals surface area contributed by atoms with Gasteiger partial charge in [-0.25, -0.2) is 24.3 Å². The van der Waals surface area contributed by atoms with Crippen molar-refractivity contribution >= 4 is 30.8 Å². The number of ether oxygens (including phenoxy) is 1. The minimum Gasteiger partial charge on any atom is -0.387 e. The lowest BCUT2D eigenvalue weighted by Gasteiger charge is -2.17. The number of nitrogens with zero attached hydrogens (tertiary/aromatic N) is 4. The van der Waals surface area contributed by atoms with Gasteiger partial charge in [-0.2, -0.15) is 0 Å². The molecule has 1 saturated heterocycles. The van der Waals surface area contributed by atoms with Crippen molar-refractivity contribution in [3.05, 3.63) is 48.0 Å². The lowest BCUT2D eigenvalue weighted by atomic mass is 10.1. The highest BCUT2D eigenvalue weighted by molar-refractivity contribution is 7.48. The first-order valence-electron chi connectivity index (χ1n) is 9.39. The molecular weight excluding hydrogens is 445 g/mol. The minimum atomic E-state index is -4.83. The number of phosphoric ester groups is 1. The van der Waals surface area contributed by atoms with E-state index in [-0.39, 0.29) is 22.5 Å². The van der Waals surface area contributed by atoms with Crippen LogP contribution < -0.4 is 5.73 Å². The maximum Gasteiger partial charge on any atom is 0.529 e. The molecule has 0 spiro atoms. The Balaban J connectivity index is 1.42. The normalized spacial score (nSPS) is 25.0. The van der Waals surface area contributed by atoms with Crippen LogP contribution in [-0.2, 0) is 18.3 Å². The lowest BCUT2D eigenvalue weighted by molar-refractivity contribution is -0.0508. The Kier molecular flexibility index (Phi) is 5.95. The fourth-order valence-corrected chi connectivity index (χ4v) is 3.90. The van der Waals surface area contributed by atoms with Gasteiger partial charge < -0.3 is 25.2 Å². The molecule has 1 aliphatic rings. The number of nitrogens with two attached hydrogens (primary N) is 1. The summed E-state index contributed by atoms with van der Waals surface area (Å²) in [5.41, 5.74) is 7.24. The van der Waals surface area contributed by atoms with Gasteiger partial charge in [-0.3, -0.25) is 14.0 Å². The number of imidazole rings is 1. The van der Waals surface area contributed by atoms with Crippen LogP contribution in [0, 0.1) is 6.92 Å². The molecule has 1 fully saturated rings. The summed E-state index contributed by atoms with van der Waals surface area (Å²) >= 11 is 0. The van der Waals surface area contributed by atoms with E-state index in [1.54, 1.807) is 12.1 Å². The number of anilines is 1. The first-order valence-corrected chi connectivity index (χ1v) is 10.9. The number of aryl methyl sites for hydroxylation is 1. The molecule has 0 saturated carbocycles. The van der Waals surface area contributed by atoms with Crippen LogP contribution in [0.25, 0.3) is 11.2 Å². The Bertz CT molecular complexity index is 1190. The lowest BCUT2D eigenvalue weighted by Crippen LogP contribution is -2.33. The highest BCUT2D eigenvalue weighted by atomic mass is 31.2. The molecule has 170 valence electrons. The molecule has 13 nitrogen and oxygen atoms in total. The molecular formula is C18H20N5O8P. The number of rotatable bonds is 6. The quantitative estimate of drug-likeness (QED) is 0.365. The average molecular weight is 465 g/mol. The van der Waals surface area contributed by atoms with Crippen LogP contribution in [0.4, 0.5) is 5.82 Å². The highest BCUT2D eigenvalue weighted by Gasteiger charge is 2.45. The van der Waals surface area contributed by atoms with Gasteiger partial charge in [0.05, 0.1) is 18.5 Å². The SMILES string of the molecule is Cc1ccc(C(=O)OP(=O)(O)OC[C@H]2O[C@@H](n3cnc4c(N)ncnc43)[C@H](O)[C@@H]2O)cc1. The summed E-state index contributed by atoms with van der Waals surface area (Å²) in [6, 6.07) is 6.16. The molecule has 3 heterocycles. The van der Waals surface area contributed by atoms with E-state index in [1.165, 1.54) is 29.4 Å². The van der Waals surface area contributed by atoms with Crippen LogP contribution in [-0.4, -0.2) is 65.5 Å². The molecule has 5 atom stereocenters. The number of carbonyl (C=O) groups is 1. The van der Waals surface area contributed by atoms with Crippen molar-refractivity contribution < 1.29 is 38.3 Å². The molecule has 5 N–H and O–H groups in total. The first-order chi connectivity index (χ1) is 15.2. The van der Waals surface area contributed by atoms with Crippen LogP contribution in [0.15, 0.2) is 36.9 Å². The number of aliphatic hydroxyl groups excluding tert-OH is 2. The Morgan fingerprint density at radius 3 is 2.66 bits per heavy atom. The first kappa shape index (κ1) is 22.3. The summed E-state index contributed by atoms with van der Waals surface area (Å²) in [5, 5.41) is 20.7. The molecule has 0 radical (unpaired) electrons. The van der Waals surface area contributed by atoms with Gasteiger partial charge in [-0.05, 0) is 19.1 Å². The molecule has 0 bridgehead atoms. The third-order valence-electron chi connectivity index (χ3n) is 4.89. The molecule has 0 amide bonds. The Morgan fingerprint density at radius 1 is 1.22 bits per heavy atom. The molecule has 1 unspecified atom stereocenters. The van der Waals surface area contributed by atoms with Gasteiger partial charge in [0.15, 0.2) is 17.7 Å². The fraction of sp³-hybridized carbons (Fsp3) is 0.333. The summed E-state index contributed by atoms with van der Waals surface area (Å²) in [4.78, 5) is 33.9. The zero-order valence-corrected chi connectivity index (χ0v) is 17.6. The Hall–Kier alpha value is -2.93. The molecule has 1 aliphatic heterocycles. The van der Waals surface area contributed by atoms with Gasteiger partial charge in [-0.15, -0.1) is 0 Å². The van der Waals surface area contributed by atoms with Crippen molar-refractivity contribution in [2.24, 2.45) is 0 Å². The number of carbonyl (C=O) groups excluding carboxylic acids is 1. The second-order valence-electron chi connectivity index (χ2n) is 7.14. The summed E-state index contributed by atoms with van der Waals surface area (Å²) < 4.78 is 28.5. The summed E-state index contributed by atoms with van der Waals surface area (Å²) in [5.74, 6) is -0.929. The summed E-state index contributed by atoms with van der Waals surface area (Å²) in [6.07, 6.45) is -2.76. The van der Waals surface area contributed by atoms with E-state index in [4.69, 9.17) is 15.0 Å². The monoisotopic (exact) mass is 465 g/mol. The van der Waals surface area contributed by atoms with E-state index in [9.17, 15) is 24.5 Å². The van der Waals surface area contributed by atoms with Gasteiger partial charge in [0, 0.05) is 0 Å². The van der Waals surface area contributed by atoms with E-state index in [2.05, 4.69) is 19.5 Å². The van der Waals surface area contributed by atoms with E-state index in [0.717, 1.165) is 5.56 Å². The number of hydrogen-bond acceptors (Lipinski definition) is 11. The largest absolute Gasteiger partial charge is 0.529 e. The van der Waals surface area contributed by atoms with Crippen molar-refractivity contribution in [2.75, 3.05) is 12.3 Å². The van der Waals surface area contributed by atoms with Crippen LogP contribution >= 0.6 is 7.82 Å². The smallest absolute Gasteiger partial charge is 0.387 e. The zero-order valence-electron chi connectivity index (χ0n) is 16.7. The Morgan fingerprint density at radius 2 is 1.94 bits per heavy atom. The second kappa shape index (κ2) is 8.54. The molecule has 0 aliphatic carbocycles. The molecule has 14 heteroatoms. The van der Waals surface area contributed by atoms with Crippen LogP contribution in [0.3, 0.4) is 0 Å². The third-order valence-corrected chi connectivity index (χ3v) is 5.76. The second-order valence-corrected chi connectivity index (χ2v) is 8.52. The predicted molar refractivity (Wildman–Crippen MR) is 108 cm³/mol. The average Bonchev–Trinajstić information content (AvgIpc) is 3.29. The number of benzene rings is 1. The Labute approximate surface area is 181 Å². The van der Waals surface area contributed by atoms with Crippen LogP contribution in [0.1, 0.15) is 22.1 Å². The number of hydrogen-bond donors (Lipinski definition) is 4. The molecule has 2 aromatic heterocycles. The highest BCUT2D eigenvalue weighted by Crippen LogP contribution is 2.45. The van der Waals surface area contributed by atoms with Crippen molar-refractivity contribution in [3.8, 4) is 0 Å². The molecule has 32 heavy (non-hydrogen) atoms. The number of phosphoric acid groups is 1. The number of fused-ring (bicyclic) bond motifs is 1. The van der Waals surface area contributed by atoms with Crippen molar-refractivity contribution in [3.63, 3.8) is 0 Å². The maximum atomic E-state index is 12.2. The standard InChI is InChI=1S/C18H20N5O8P/c1-9-2-4-10(5-3-9)18(26)31-32(27,28)29-6-11-13(24)14(25)17(30-11)23-8-22-12-15(19)20-7-21-16(12)23/h2-5,7-8,11,13-14,17,24-25H,6H2,1H3,(H,27,28)(H2,19,20,21)/t11-,13-,14-,17-/m1/s1. The van der Waals surface area contributed by atoms with Crippen molar-refractivity contribution in [2.45, 2.75) is 31.5 Å². The molecule has 3 aromatic rings. The number of aromatic nitrogens is 4. The van der Waals surface area contributed by atoms with Crippen LogP contribution in [0.5, 0.6) is 0 Å². The minimum absolute atomic E-state index is 0.0642. The molecule has 4 rings (SSSR count). The van der Waals surface area contributed by atoms with Gasteiger partial charge in [0.1, 0.15) is 30.2 Å². The topological polar surface area (TPSA) is 192 Å². The van der Waals surface area contributed by atoms with E-state index < -0.39 is 44.9 Å². The van der Waals surface area contributed by atoms with E-state index in [1.807, 2.05) is 6.92 Å². The number of aliphatic hydroxyl groups is 2. The predicted octanol–water partition coefficient (Wildman–Crippen LogP) is 0.310. The zero-order chi connectivity index (χ0) is 23.0. The van der Waals surface area contributed by atoms with E-state index in [0.29, 0.717) is 0 Å². The molecule has 1 aromatic carbocycles. The van der Waals surface area contributed by atoms with Crippen molar-refractivity contribution in [1.29, 1.82) is 0 Å². The van der Waals surface area contributed by atoms with Gasteiger partial charge in [-0.1, -0.05) is 17.7 Å². The summed E-state index contributed by atoms with van der Waals surface area (Å²) in [7, 11) is -4.83. The summed E-state index contributed by atoms with van der Waals surface area (Å²) in [6.45, 7) is 1.17. The van der Waals surface area contributed by atoms with Gasteiger partial charge >= 0.3 is 13.8 Å². The van der Waals surface area contributed by atoms with Gasteiger partial charge in [0.2, 0.25) is 0 Å².